The highest BCUT2D eigenvalue weighted by Crippen LogP contribution is 2.26. The maximum atomic E-state index is 12.5. The molecule has 0 bridgehead atoms. The van der Waals surface area contributed by atoms with Crippen molar-refractivity contribution >= 4 is 34.1 Å². The molecule has 2 aromatic heterocycles. The maximum absolute atomic E-state index is 12.5. The number of aromatic nitrogens is 5. The van der Waals surface area contributed by atoms with Crippen LogP contribution in [0, 0.1) is 20.8 Å². The number of allylic oxidation sites excluding steroid dienone is 1. The molecule has 1 amide bonds. The van der Waals surface area contributed by atoms with Gasteiger partial charge in [-0.25, -0.2) is 0 Å². The Morgan fingerprint density at radius 2 is 2.00 bits per heavy atom. The minimum atomic E-state index is -0.394. The predicted molar refractivity (Wildman–Crippen MR) is 119 cm³/mol. The van der Waals surface area contributed by atoms with Crippen molar-refractivity contribution in [2.24, 2.45) is 0 Å². The molecule has 0 saturated carbocycles. The number of anilines is 1. The standard InChI is InChI=1S/C20H24N6O2S2/c1-6-10-26-16(11-28-17-12(2)8-7-9-13(17)3)23-25-20(26)29-14(4)18(27)21-19-24-22-15(5)30-19/h6-9,14H,1,10-11H2,2-5H3,(H,21,24,27)/t14-/m1/s1. The van der Waals surface area contributed by atoms with Gasteiger partial charge in [0.15, 0.2) is 11.0 Å². The van der Waals surface area contributed by atoms with Crippen molar-refractivity contribution in [3.05, 3.63) is 52.8 Å². The smallest absolute Gasteiger partial charge is 0.239 e. The van der Waals surface area contributed by atoms with Crippen LogP contribution < -0.4 is 10.1 Å². The van der Waals surface area contributed by atoms with Crippen molar-refractivity contribution in [3.8, 4) is 5.75 Å². The molecule has 0 aliphatic rings. The van der Waals surface area contributed by atoms with E-state index in [2.05, 4.69) is 32.3 Å². The number of amides is 1. The summed E-state index contributed by atoms with van der Waals surface area (Å²) >= 11 is 2.66. The molecule has 158 valence electrons. The van der Waals surface area contributed by atoms with E-state index in [9.17, 15) is 4.79 Å². The molecule has 3 aromatic rings. The van der Waals surface area contributed by atoms with Gasteiger partial charge in [0.25, 0.3) is 0 Å². The second-order valence-electron chi connectivity index (χ2n) is 6.68. The third-order valence-corrected chi connectivity index (χ3v) is 6.10. The van der Waals surface area contributed by atoms with Crippen LogP contribution in [-0.4, -0.2) is 36.1 Å². The van der Waals surface area contributed by atoms with Gasteiger partial charge in [0.05, 0.1) is 5.25 Å². The minimum absolute atomic E-state index is 0.169. The average Bonchev–Trinajstić information content (AvgIpc) is 3.28. The second-order valence-corrected chi connectivity index (χ2v) is 9.17. The Kier molecular flexibility index (Phi) is 7.22. The highest BCUT2D eigenvalue weighted by atomic mass is 32.2. The van der Waals surface area contributed by atoms with Crippen LogP contribution in [0.5, 0.6) is 5.75 Å². The number of carbonyl (C=O) groups excluding carboxylic acids is 1. The van der Waals surface area contributed by atoms with Gasteiger partial charge in [0.1, 0.15) is 17.4 Å². The van der Waals surface area contributed by atoms with Crippen LogP contribution in [0.3, 0.4) is 0 Å². The summed E-state index contributed by atoms with van der Waals surface area (Å²) in [5.41, 5.74) is 2.13. The van der Waals surface area contributed by atoms with Gasteiger partial charge < -0.3 is 4.74 Å². The molecule has 1 N–H and O–H groups in total. The Hall–Kier alpha value is -2.72. The van der Waals surface area contributed by atoms with Crippen molar-refractivity contribution in [1.29, 1.82) is 0 Å². The fourth-order valence-electron chi connectivity index (χ4n) is 2.75. The number of aryl methyl sites for hydroxylation is 3. The molecular weight excluding hydrogens is 420 g/mol. The lowest BCUT2D eigenvalue weighted by Gasteiger charge is -2.13. The summed E-state index contributed by atoms with van der Waals surface area (Å²) in [6, 6.07) is 6.03. The summed E-state index contributed by atoms with van der Waals surface area (Å²) < 4.78 is 7.93. The summed E-state index contributed by atoms with van der Waals surface area (Å²) in [6.07, 6.45) is 1.77. The zero-order chi connectivity index (χ0) is 21.7. The molecule has 0 unspecified atom stereocenters. The van der Waals surface area contributed by atoms with E-state index in [1.165, 1.54) is 23.1 Å². The fourth-order valence-corrected chi connectivity index (χ4v) is 4.23. The Labute approximate surface area is 183 Å². The van der Waals surface area contributed by atoms with Gasteiger partial charge in [-0.2, -0.15) is 0 Å². The lowest BCUT2D eigenvalue weighted by molar-refractivity contribution is -0.115. The van der Waals surface area contributed by atoms with E-state index < -0.39 is 5.25 Å². The zero-order valence-electron chi connectivity index (χ0n) is 17.4. The van der Waals surface area contributed by atoms with Gasteiger partial charge in [-0.3, -0.25) is 14.7 Å². The monoisotopic (exact) mass is 444 g/mol. The maximum Gasteiger partial charge on any atom is 0.239 e. The highest BCUT2D eigenvalue weighted by Gasteiger charge is 2.21. The molecule has 2 heterocycles. The molecule has 10 heteroatoms. The molecule has 3 rings (SSSR count). The lowest BCUT2D eigenvalue weighted by atomic mass is 10.1. The number of ether oxygens (including phenoxy) is 1. The fraction of sp³-hybridized carbons (Fsp3) is 0.350. The van der Waals surface area contributed by atoms with E-state index in [0.717, 1.165) is 21.9 Å². The van der Waals surface area contributed by atoms with E-state index in [0.29, 0.717) is 22.7 Å². The van der Waals surface area contributed by atoms with Crippen molar-refractivity contribution in [2.75, 3.05) is 5.32 Å². The van der Waals surface area contributed by atoms with Crippen LogP contribution >= 0.6 is 23.1 Å². The SMILES string of the molecule is C=CCn1c(COc2c(C)cccc2C)nnc1S[C@H](C)C(=O)Nc1nnc(C)s1. The first-order valence-electron chi connectivity index (χ1n) is 9.38. The van der Waals surface area contributed by atoms with Crippen LogP contribution in [0.2, 0.25) is 0 Å². The van der Waals surface area contributed by atoms with Gasteiger partial charge in [-0.05, 0) is 38.8 Å². The number of rotatable bonds is 9. The number of carbonyl (C=O) groups is 1. The summed E-state index contributed by atoms with van der Waals surface area (Å²) in [5, 5.41) is 20.7. The summed E-state index contributed by atoms with van der Waals surface area (Å²) in [7, 11) is 0. The molecule has 0 saturated heterocycles. The van der Waals surface area contributed by atoms with Crippen LogP contribution in [0.1, 0.15) is 28.9 Å². The van der Waals surface area contributed by atoms with Gasteiger partial charge >= 0.3 is 0 Å². The number of nitrogens with zero attached hydrogens (tertiary/aromatic N) is 5. The van der Waals surface area contributed by atoms with E-state index in [1.54, 1.807) is 6.08 Å². The molecule has 30 heavy (non-hydrogen) atoms. The largest absolute Gasteiger partial charge is 0.485 e. The van der Waals surface area contributed by atoms with Crippen LogP contribution in [0.4, 0.5) is 5.13 Å². The number of hydrogen-bond donors (Lipinski definition) is 1. The third kappa shape index (κ3) is 5.25. The third-order valence-electron chi connectivity index (χ3n) is 4.27. The van der Waals surface area contributed by atoms with E-state index in [-0.39, 0.29) is 12.5 Å². The Morgan fingerprint density at radius 1 is 1.27 bits per heavy atom. The van der Waals surface area contributed by atoms with E-state index in [4.69, 9.17) is 4.74 Å². The molecule has 1 atom stereocenters. The Morgan fingerprint density at radius 3 is 2.63 bits per heavy atom. The summed E-state index contributed by atoms with van der Waals surface area (Å²) in [6.45, 7) is 12.3. The van der Waals surface area contributed by atoms with Crippen molar-refractivity contribution in [3.63, 3.8) is 0 Å². The first-order valence-corrected chi connectivity index (χ1v) is 11.1. The van der Waals surface area contributed by atoms with Gasteiger partial charge in [0, 0.05) is 6.54 Å². The lowest BCUT2D eigenvalue weighted by Crippen LogP contribution is -2.23. The van der Waals surface area contributed by atoms with Crippen LogP contribution in [0.25, 0.3) is 0 Å². The summed E-state index contributed by atoms with van der Waals surface area (Å²) in [5.74, 6) is 1.35. The first-order chi connectivity index (χ1) is 14.4. The number of para-hydroxylation sites is 1. The van der Waals surface area contributed by atoms with Crippen LogP contribution in [-0.2, 0) is 17.9 Å². The summed E-state index contributed by atoms with van der Waals surface area (Å²) in [4.78, 5) is 12.5. The molecule has 8 nitrogen and oxygen atoms in total. The highest BCUT2D eigenvalue weighted by molar-refractivity contribution is 8.00. The van der Waals surface area contributed by atoms with Gasteiger partial charge in [-0.15, -0.1) is 27.0 Å². The topological polar surface area (TPSA) is 94.8 Å². The van der Waals surface area contributed by atoms with E-state index in [1.807, 2.05) is 50.5 Å². The van der Waals surface area contributed by atoms with Gasteiger partial charge in [-0.1, -0.05) is 47.4 Å². The van der Waals surface area contributed by atoms with Crippen molar-refractivity contribution in [1.82, 2.24) is 25.0 Å². The van der Waals surface area contributed by atoms with Crippen LogP contribution in [0.15, 0.2) is 36.0 Å². The van der Waals surface area contributed by atoms with Crippen molar-refractivity contribution < 1.29 is 9.53 Å². The molecule has 1 aromatic carbocycles. The minimum Gasteiger partial charge on any atom is -0.485 e. The molecule has 0 fully saturated rings. The molecule has 0 spiro atoms. The molecule has 0 radical (unpaired) electrons. The number of thioether (sulfide) groups is 1. The molecular formula is C20H24N6O2S2. The number of hydrogen-bond acceptors (Lipinski definition) is 8. The van der Waals surface area contributed by atoms with E-state index >= 15 is 0 Å². The second kappa shape index (κ2) is 9.86. The Bertz CT molecular complexity index is 1030. The number of nitrogens with one attached hydrogen (secondary N) is 1. The quantitative estimate of drug-likeness (QED) is 0.394. The average molecular weight is 445 g/mol. The zero-order valence-corrected chi connectivity index (χ0v) is 19.0. The van der Waals surface area contributed by atoms with Gasteiger partial charge in [0.2, 0.25) is 11.0 Å². The van der Waals surface area contributed by atoms with Crippen molar-refractivity contribution in [2.45, 2.75) is 51.3 Å². The number of benzene rings is 1. The normalized spacial score (nSPS) is 11.9. The predicted octanol–water partition coefficient (Wildman–Crippen LogP) is 3.94. The Balaban J connectivity index is 1.70. The molecule has 0 aliphatic heterocycles. The molecule has 0 aliphatic carbocycles. The first kappa shape index (κ1) is 22.0.